The third-order valence-corrected chi connectivity index (χ3v) is 6.77. The lowest BCUT2D eigenvalue weighted by Gasteiger charge is -2.08. The SMILES string of the molecule is O=C(Cc1ccc(NS(=O)(=O)c2cccs2)cc1)Nc1ccc(Br)cc1. The van der Waals surface area contributed by atoms with E-state index in [1.54, 1.807) is 41.8 Å². The first-order valence-corrected chi connectivity index (χ1v) is 10.8. The van der Waals surface area contributed by atoms with Crippen molar-refractivity contribution in [1.82, 2.24) is 0 Å². The number of carbonyl (C=O) groups excluding carboxylic acids is 1. The van der Waals surface area contributed by atoms with Gasteiger partial charge < -0.3 is 5.32 Å². The molecule has 0 aliphatic heterocycles. The average Bonchev–Trinajstić information content (AvgIpc) is 3.14. The van der Waals surface area contributed by atoms with Crippen molar-refractivity contribution in [3.05, 3.63) is 76.1 Å². The van der Waals surface area contributed by atoms with Gasteiger partial charge in [-0.2, -0.15) is 0 Å². The zero-order valence-corrected chi connectivity index (χ0v) is 16.7. The van der Waals surface area contributed by atoms with Gasteiger partial charge in [0, 0.05) is 15.8 Å². The van der Waals surface area contributed by atoms with E-state index in [0.29, 0.717) is 5.69 Å². The van der Waals surface area contributed by atoms with Gasteiger partial charge in [0.15, 0.2) is 0 Å². The Morgan fingerprint density at radius 3 is 2.23 bits per heavy atom. The molecule has 26 heavy (non-hydrogen) atoms. The van der Waals surface area contributed by atoms with Crippen molar-refractivity contribution >= 4 is 54.6 Å². The van der Waals surface area contributed by atoms with Crippen molar-refractivity contribution in [2.75, 3.05) is 10.0 Å². The van der Waals surface area contributed by atoms with Crippen LogP contribution in [0.2, 0.25) is 0 Å². The van der Waals surface area contributed by atoms with Crippen LogP contribution in [0.15, 0.2) is 74.7 Å². The van der Waals surface area contributed by atoms with Crippen molar-refractivity contribution in [2.45, 2.75) is 10.6 Å². The summed E-state index contributed by atoms with van der Waals surface area (Å²) >= 11 is 4.50. The van der Waals surface area contributed by atoms with Gasteiger partial charge in [0.25, 0.3) is 10.0 Å². The number of halogens is 1. The Labute approximate surface area is 164 Å². The highest BCUT2D eigenvalue weighted by molar-refractivity contribution is 9.10. The van der Waals surface area contributed by atoms with Crippen LogP contribution >= 0.6 is 27.3 Å². The van der Waals surface area contributed by atoms with Crippen LogP contribution < -0.4 is 10.0 Å². The van der Waals surface area contributed by atoms with Gasteiger partial charge in [0.05, 0.1) is 6.42 Å². The average molecular weight is 451 g/mol. The summed E-state index contributed by atoms with van der Waals surface area (Å²) in [5, 5.41) is 4.53. The van der Waals surface area contributed by atoms with Crippen LogP contribution in [0, 0.1) is 0 Å². The maximum absolute atomic E-state index is 12.2. The van der Waals surface area contributed by atoms with E-state index in [0.717, 1.165) is 27.1 Å². The molecule has 0 spiro atoms. The molecular formula is C18H15BrN2O3S2. The molecule has 0 radical (unpaired) electrons. The van der Waals surface area contributed by atoms with Gasteiger partial charge in [-0.15, -0.1) is 11.3 Å². The minimum atomic E-state index is -3.56. The van der Waals surface area contributed by atoms with Crippen molar-refractivity contribution in [3.8, 4) is 0 Å². The van der Waals surface area contributed by atoms with Crippen molar-refractivity contribution in [3.63, 3.8) is 0 Å². The highest BCUT2D eigenvalue weighted by atomic mass is 79.9. The summed E-state index contributed by atoms with van der Waals surface area (Å²) in [6.07, 6.45) is 0.202. The number of sulfonamides is 1. The first kappa shape index (κ1) is 18.6. The van der Waals surface area contributed by atoms with E-state index >= 15 is 0 Å². The Morgan fingerprint density at radius 2 is 1.62 bits per heavy atom. The highest BCUT2D eigenvalue weighted by Gasteiger charge is 2.15. The Bertz CT molecular complexity index is 984. The molecule has 2 N–H and O–H groups in total. The number of benzene rings is 2. The van der Waals surface area contributed by atoms with Crippen LogP contribution in [0.3, 0.4) is 0 Å². The fraction of sp³-hybridized carbons (Fsp3) is 0.0556. The normalized spacial score (nSPS) is 11.1. The quantitative estimate of drug-likeness (QED) is 0.580. The summed E-state index contributed by atoms with van der Waals surface area (Å²) in [5.41, 5.74) is 1.97. The molecule has 1 aromatic heterocycles. The number of hydrogen-bond acceptors (Lipinski definition) is 4. The number of amides is 1. The van der Waals surface area contributed by atoms with Crippen molar-refractivity contribution in [1.29, 1.82) is 0 Å². The van der Waals surface area contributed by atoms with E-state index in [2.05, 4.69) is 26.0 Å². The van der Waals surface area contributed by atoms with Gasteiger partial charge in [-0.1, -0.05) is 34.1 Å². The summed E-state index contributed by atoms with van der Waals surface area (Å²) < 4.78 is 28.1. The van der Waals surface area contributed by atoms with Gasteiger partial charge in [0.1, 0.15) is 4.21 Å². The molecule has 2 aromatic carbocycles. The zero-order chi connectivity index (χ0) is 18.6. The second-order valence-electron chi connectivity index (χ2n) is 5.47. The molecule has 1 heterocycles. The van der Waals surface area contributed by atoms with Crippen LogP contribution in [0.25, 0.3) is 0 Å². The molecule has 1 amide bonds. The molecule has 134 valence electrons. The molecule has 0 saturated carbocycles. The lowest BCUT2D eigenvalue weighted by molar-refractivity contribution is -0.115. The van der Waals surface area contributed by atoms with E-state index in [4.69, 9.17) is 0 Å². The Morgan fingerprint density at radius 1 is 0.962 bits per heavy atom. The monoisotopic (exact) mass is 450 g/mol. The smallest absolute Gasteiger partial charge is 0.271 e. The molecular weight excluding hydrogens is 436 g/mol. The second kappa shape index (κ2) is 8.03. The Hall–Kier alpha value is -2.16. The van der Waals surface area contributed by atoms with Gasteiger partial charge in [-0.25, -0.2) is 8.42 Å². The zero-order valence-electron chi connectivity index (χ0n) is 13.5. The van der Waals surface area contributed by atoms with Crippen molar-refractivity contribution < 1.29 is 13.2 Å². The largest absolute Gasteiger partial charge is 0.326 e. The lowest BCUT2D eigenvalue weighted by Crippen LogP contribution is -2.14. The predicted octanol–water partition coefficient (Wildman–Crippen LogP) is 4.49. The molecule has 0 atom stereocenters. The van der Waals surface area contributed by atoms with Crippen LogP contribution in [0.4, 0.5) is 11.4 Å². The Balaban J connectivity index is 1.60. The van der Waals surface area contributed by atoms with E-state index in [1.165, 1.54) is 0 Å². The van der Waals surface area contributed by atoms with Gasteiger partial charge in [0.2, 0.25) is 5.91 Å². The van der Waals surface area contributed by atoms with Crippen LogP contribution in [-0.4, -0.2) is 14.3 Å². The number of nitrogens with one attached hydrogen (secondary N) is 2. The number of thiophene rings is 1. The van der Waals surface area contributed by atoms with Crippen LogP contribution in [0.1, 0.15) is 5.56 Å². The second-order valence-corrected chi connectivity index (χ2v) is 9.24. The molecule has 3 rings (SSSR count). The third-order valence-electron chi connectivity index (χ3n) is 3.46. The molecule has 0 aliphatic rings. The molecule has 0 unspecified atom stereocenters. The molecule has 0 aliphatic carbocycles. The first-order valence-electron chi connectivity index (χ1n) is 7.63. The molecule has 3 aromatic rings. The first-order chi connectivity index (χ1) is 12.4. The molecule has 0 bridgehead atoms. The van der Waals surface area contributed by atoms with E-state index in [-0.39, 0.29) is 16.5 Å². The highest BCUT2D eigenvalue weighted by Crippen LogP contribution is 2.21. The lowest BCUT2D eigenvalue weighted by atomic mass is 10.1. The fourth-order valence-corrected chi connectivity index (χ4v) is 4.55. The van der Waals surface area contributed by atoms with Crippen molar-refractivity contribution in [2.24, 2.45) is 0 Å². The summed E-state index contributed by atoms with van der Waals surface area (Å²) in [4.78, 5) is 12.1. The summed E-state index contributed by atoms with van der Waals surface area (Å²) in [5.74, 6) is -0.140. The minimum absolute atomic E-state index is 0.140. The summed E-state index contributed by atoms with van der Waals surface area (Å²) in [6, 6.07) is 17.3. The molecule has 0 fully saturated rings. The fourth-order valence-electron chi connectivity index (χ4n) is 2.24. The standard InChI is InChI=1S/C18H15BrN2O3S2/c19-14-5-9-15(10-6-14)20-17(22)12-13-3-7-16(8-4-13)21-26(23,24)18-2-1-11-25-18/h1-11,21H,12H2,(H,20,22). The summed E-state index contributed by atoms with van der Waals surface area (Å²) in [6.45, 7) is 0. The van der Waals surface area contributed by atoms with E-state index in [9.17, 15) is 13.2 Å². The van der Waals surface area contributed by atoms with E-state index in [1.807, 2.05) is 24.3 Å². The van der Waals surface area contributed by atoms with Crippen LogP contribution in [0.5, 0.6) is 0 Å². The topological polar surface area (TPSA) is 75.3 Å². The maximum Gasteiger partial charge on any atom is 0.271 e. The molecule has 5 nitrogen and oxygen atoms in total. The maximum atomic E-state index is 12.2. The van der Waals surface area contributed by atoms with Gasteiger partial charge >= 0.3 is 0 Å². The van der Waals surface area contributed by atoms with E-state index < -0.39 is 10.0 Å². The van der Waals surface area contributed by atoms with Crippen LogP contribution in [-0.2, 0) is 21.2 Å². The number of hydrogen-bond donors (Lipinski definition) is 2. The molecule has 0 saturated heterocycles. The number of anilines is 2. The summed E-state index contributed by atoms with van der Waals surface area (Å²) in [7, 11) is -3.56. The third kappa shape index (κ3) is 4.94. The number of carbonyl (C=O) groups is 1. The van der Waals surface area contributed by atoms with Gasteiger partial charge in [-0.05, 0) is 53.4 Å². The van der Waals surface area contributed by atoms with Gasteiger partial charge in [-0.3, -0.25) is 9.52 Å². The number of rotatable bonds is 6. The predicted molar refractivity (Wildman–Crippen MR) is 108 cm³/mol. The Kier molecular flexibility index (Phi) is 5.75. The minimum Gasteiger partial charge on any atom is -0.326 e. The molecule has 8 heteroatoms.